The minimum absolute atomic E-state index is 0.129. The van der Waals surface area contributed by atoms with E-state index in [1.54, 1.807) is 11.0 Å². The van der Waals surface area contributed by atoms with E-state index in [1.165, 1.54) is 0 Å². The quantitative estimate of drug-likeness (QED) is 0.507. The van der Waals surface area contributed by atoms with Crippen molar-refractivity contribution in [1.82, 2.24) is 0 Å². The molecule has 1 aliphatic heterocycles. The SMILES string of the molecule is NC(CC=O)(C(=O)O)C1c2ccccc2N(C(=O)OCc2ccc3ccccc3c2)C2CCCC21. The van der Waals surface area contributed by atoms with Gasteiger partial charge in [-0.2, -0.15) is 0 Å². The van der Waals surface area contributed by atoms with Crippen LogP contribution in [0.25, 0.3) is 10.8 Å². The number of benzene rings is 3. The smallest absolute Gasteiger partial charge is 0.414 e. The molecule has 1 saturated carbocycles. The van der Waals surface area contributed by atoms with Gasteiger partial charge in [-0.05, 0) is 52.8 Å². The number of carboxylic acids is 1. The number of aldehydes is 1. The first-order valence-electron chi connectivity index (χ1n) is 11.9. The molecule has 3 N–H and O–H groups in total. The van der Waals surface area contributed by atoms with Gasteiger partial charge in [0.25, 0.3) is 0 Å². The summed E-state index contributed by atoms with van der Waals surface area (Å²) in [6, 6.07) is 21.0. The number of nitrogens with two attached hydrogens (primary N) is 1. The van der Waals surface area contributed by atoms with Gasteiger partial charge in [0, 0.05) is 18.4 Å². The first-order valence-corrected chi connectivity index (χ1v) is 11.9. The molecule has 1 amide bonds. The van der Waals surface area contributed by atoms with Crippen LogP contribution >= 0.6 is 0 Å². The molecule has 0 radical (unpaired) electrons. The van der Waals surface area contributed by atoms with Crippen molar-refractivity contribution in [2.75, 3.05) is 4.90 Å². The first-order chi connectivity index (χ1) is 16.9. The molecule has 0 aromatic heterocycles. The number of para-hydroxylation sites is 1. The molecule has 0 bridgehead atoms. The molecule has 4 unspecified atom stereocenters. The molecule has 180 valence electrons. The fourth-order valence-corrected chi connectivity index (χ4v) is 5.98. The van der Waals surface area contributed by atoms with Gasteiger partial charge in [-0.1, -0.05) is 61.0 Å². The Morgan fingerprint density at radius 1 is 1.06 bits per heavy atom. The first kappa shape index (κ1) is 23.1. The van der Waals surface area contributed by atoms with Gasteiger partial charge in [-0.3, -0.25) is 9.69 Å². The van der Waals surface area contributed by atoms with Crippen LogP contribution in [0.1, 0.15) is 42.7 Å². The number of anilines is 1. The van der Waals surface area contributed by atoms with Crippen molar-refractivity contribution in [2.24, 2.45) is 11.7 Å². The molecule has 7 nitrogen and oxygen atoms in total. The third-order valence-corrected chi connectivity index (χ3v) is 7.57. The lowest BCUT2D eigenvalue weighted by Gasteiger charge is -2.47. The van der Waals surface area contributed by atoms with Gasteiger partial charge in [0.1, 0.15) is 18.4 Å². The number of hydrogen-bond acceptors (Lipinski definition) is 5. The van der Waals surface area contributed by atoms with E-state index in [-0.39, 0.29) is 25.0 Å². The van der Waals surface area contributed by atoms with E-state index < -0.39 is 23.5 Å². The number of nitrogens with zero attached hydrogens (tertiary/aromatic N) is 1. The molecular weight excluding hydrogens is 444 g/mol. The van der Waals surface area contributed by atoms with Gasteiger partial charge in [0.2, 0.25) is 0 Å². The number of rotatable bonds is 6. The summed E-state index contributed by atoms with van der Waals surface area (Å²) in [5.41, 5.74) is 6.85. The molecule has 35 heavy (non-hydrogen) atoms. The molecule has 2 aliphatic rings. The lowest BCUT2D eigenvalue weighted by atomic mass is 9.66. The maximum Gasteiger partial charge on any atom is 0.414 e. The van der Waals surface area contributed by atoms with Gasteiger partial charge in [-0.25, -0.2) is 4.79 Å². The van der Waals surface area contributed by atoms with Crippen LogP contribution in [0.15, 0.2) is 66.7 Å². The summed E-state index contributed by atoms with van der Waals surface area (Å²) in [4.78, 5) is 38.8. The number of fused-ring (bicyclic) bond motifs is 3. The van der Waals surface area contributed by atoms with Crippen molar-refractivity contribution in [1.29, 1.82) is 0 Å². The van der Waals surface area contributed by atoms with E-state index in [0.717, 1.165) is 35.6 Å². The minimum atomic E-state index is -1.74. The van der Waals surface area contributed by atoms with Crippen molar-refractivity contribution >= 4 is 34.8 Å². The van der Waals surface area contributed by atoms with Gasteiger partial charge in [0.05, 0.1) is 5.69 Å². The highest BCUT2D eigenvalue weighted by molar-refractivity contribution is 5.92. The highest BCUT2D eigenvalue weighted by Gasteiger charge is 2.55. The molecule has 0 saturated heterocycles. The maximum atomic E-state index is 13.5. The zero-order valence-electron chi connectivity index (χ0n) is 19.3. The number of carbonyl (C=O) groups excluding carboxylic acids is 2. The van der Waals surface area contributed by atoms with Crippen LogP contribution in [0.3, 0.4) is 0 Å². The molecule has 4 atom stereocenters. The van der Waals surface area contributed by atoms with Crippen LogP contribution in [0, 0.1) is 5.92 Å². The molecular formula is C28H28N2O5. The Morgan fingerprint density at radius 3 is 2.57 bits per heavy atom. The normalized spacial score (nSPS) is 22.7. The topological polar surface area (TPSA) is 110 Å². The molecule has 3 aromatic carbocycles. The average Bonchev–Trinajstić information content (AvgIpc) is 3.34. The average molecular weight is 473 g/mol. The second-order valence-corrected chi connectivity index (χ2v) is 9.52. The molecule has 1 fully saturated rings. The number of carbonyl (C=O) groups is 3. The predicted molar refractivity (Wildman–Crippen MR) is 132 cm³/mol. The van der Waals surface area contributed by atoms with Crippen LogP contribution in [0.4, 0.5) is 10.5 Å². The van der Waals surface area contributed by atoms with E-state index in [0.29, 0.717) is 17.5 Å². The van der Waals surface area contributed by atoms with E-state index >= 15 is 0 Å². The molecule has 3 aromatic rings. The predicted octanol–water partition coefficient (Wildman–Crippen LogP) is 4.62. The summed E-state index contributed by atoms with van der Waals surface area (Å²) < 4.78 is 5.78. The van der Waals surface area contributed by atoms with Crippen molar-refractivity contribution in [3.8, 4) is 0 Å². The fraction of sp³-hybridized carbons (Fsp3) is 0.321. The van der Waals surface area contributed by atoms with Crippen LogP contribution in [-0.4, -0.2) is 35.0 Å². The van der Waals surface area contributed by atoms with Crippen molar-refractivity contribution in [3.63, 3.8) is 0 Å². The third kappa shape index (κ3) is 3.96. The van der Waals surface area contributed by atoms with E-state index in [4.69, 9.17) is 10.5 Å². The number of carboxylic acid groups (broad SMARTS) is 1. The summed E-state index contributed by atoms with van der Waals surface area (Å²) in [5.74, 6) is -1.97. The van der Waals surface area contributed by atoms with Gasteiger partial charge >= 0.3 is 12.1 Å². The zero-order chi connectivity index (χ0) is 24.6. The summed E-state index contributed by atoms with van der Waals surface area (Å²) in [6.07, 6.45) is 2.10. The van der Waals surface area contributed by atoms with Crippen LogP contribution in [-0.2, 0) is 20.9 Å². The van der Waals surface area contributed by atoms with Crippen molar-refractivity contribution in [2.45, 2.75) is 49.8 Å². The van der Waals surface area contributed by atoms with Crippen molar-refractivity contribution < 1.29 is 24.2 Å². The Kier molecular flexibility index (Phi) is 6.03. The lowest BCUT2D eigenvalue weighted by Crippen LogP contribution is -2.60. The highest BCUT2D eigenvalue weighted by Crippen LogP contribution is 2.53. The standard InChI is InChI=1S/C28H28N2O5/c29-28(14-15-31,26(32)33)25-21-8-3-4-10-23(21)30(24-11-5-9-22(24)25)27(34)35-17-18-12-13-19-6-1-2-7-20(19)16-18/h1-4,6-8,10,12-13,15-16,22,24-25H,5,9,11,14,17,29H2,(H,32,33). The summed E-state index contributed by atoms with van der Waals surface area (Å²) >= 11 is 0. The largest absolute Gasteiger partial charge is 0.480 e. The summed E-state index contributed by atoms with van der Waals surface area (Å²) in [6.45, 7) is 0.129. The Labute approximate surface area is 203 Å². The van der Waals surface area contributed by atoms with E-state index in [1.807, 2.05) is 60.7 Å². The van der Waals surface area contributed by atoms with Gasteiger partial charge in [0.15, 0.2) is 0 Å². The zero-order valence-corrected chi connectivity index (χ0v) is 19.3. The number of ether oxygens (including phenoxy) is 1. The van der Waals surface area contributed by atoms with E-state index in [2.05, 4.69) is 0 Å². The summed E-state index contributed by atoms with van der Waals surface area (Å²) in [7, 11) is 0. The minimum Gasteiger partial charge on any atom is -0.480 e. The number of amides is 1. The molecule has 7 heteroatoms. The Balaban J connectivity index is 1.47. The molecule has 0 spiro atoms. The molecule has 1 heterocycles. The summed E-state index contributed by atoms with van der Waals surface area (Å²) in [5, 5.41) is 12.2. The number of aliphatic carboxylic acids is 1. The fourth-order valence-electron chi connectivity index (χ4n) is 5.98. The Bertz CT molecular complexity index is 1290. The van der Waals surface area contributed by atoms with Crippen LogP contribution < -0.4 is 10.6 Å². The van der Waals surface area contributed by atoms with Crippen LogP contribution in [0.2, 0.25) is 0 Å². The van der Waals surface area contributed by atoms with E-state index in [9.17, 15) is 19.5 Å². The second-order valence-electron chi connectivity index (χ2n) is 9.52. The Morgan fingerprint density at radius 2 is 1.80 bits per heavy atom. The third-order valence-electron chi connectivity index (χ3n) is 7.57. The van der Waals surface area contributed by atoms with Crippen LogP contribution in [0.5, 0.6) is 0 Å². The molecule has 5 rings (SSSR count). The lowest BCUT2D eigenvalue weighted by molar-refractivity contribution is -0.146. The van der Waals surface area contributed by atoms with Gasteiger partial charge < -0.3 is 20.4 Å². The maximum absolute atomic E-state index is 13.5. The van der Waals surface area contributed by atoms with Crippen molar-refractivity contribution in [3.05, 3.63) is 77.9 Å². The molecule has 1 aliphatic carbocycles. The highest BCUT2D eigenvalue weighted by atomic mass is 16.6. The second kappa shape index (κ2) is 9.15. The Hall–Kier alpha value is -3.71. The van der Waals surface area contributed by atoms with Gasteiger partial charge in [-0.15, -0.1) is 0 Å². The number of hydrogen-bond donors (Lipinski definition) is 2. The monoisotopic (exact) mass is 472 g/mol.